The van der Waals surface area contributed by atoms with Crippen LogP contribution in [0.5, 0.6) is 0 Å². The van der Waals surface area contributed by atoms with Crippen LogP contribution in [0.15, 0.2) is 18.5 Å². The molecule has 1 amide bonds. The molecule has 0 aromatic carbocycles. The van der Waals surface area contributed by atoms with E-state index in [1.807, 2.05) is 0 Å². The highest BCUT2D eigenvalue weighted by molar-refractivity contribution is 5.95. The van der Waals surface area contributed by atoms with Crippen LogP contribution in [0.25, 0.3) is 5.65 Å². The SMILES string of the molecule is Cc1c(C(=O)NC2(C)CCC(F)(F)C2)cnc2ccnn12. The summed E-state index contributed by atoms with van der Waals surface area (Å²) in [6.45, 7) is 3.41. The normalized spacial score (nSPS) is 24.4. The lowest BCUT2D eigenvalue weighted by atomic mass is 9.99. The third-order valence-electron chi connectivity index (χ3n) is 4.01. The number of halogens is 2. The molecule has 0 saturated heterocycles. The van der Waals surface area contributed by atoms with Crippen molar-refractivity contribution in [2.45, 2.75) is 44.6 Å². The molecule has 1 unspecified atom stereocenters. The number of nitrogens with one attached hydrogen (secondary N) is 1. The van der Waals surface area contributed by atoms with Crippen LogP contribution in [0, 0.1) is 6.92 Å². The molecule has 2 heterocycles. The van der Waals surface area contributed by atoms with Crippen LogP contribution in [0.4, 0.5) is 8.78 Å². The van der Waals surface area contributed by atoms with Crippen molar-refractivity contribution in [2.75, 3.05) is 0 Å². The van der Waals surface area contributed by atoms with E-state index in [1.54, 1.807) is 30.6 Å². The first-order chi connectivity index (χ1) is 9.80. The molecule has 1 fully saturated rings. The molecule has 0 radical (unpaired) electrons. The van der Waals surface area contributed by atoms with E-state index in [0.29, 0.717) is 16.9 Å². The first-order valence-corrected chi connectivity index (χ1v) is 6.79. The Hall–Kier alpha value is -2.05. The van der Waals surface area contributed by atoms with E-state index in [-0.39, 0.29) is 19.3 Å². The lowest BCUT2D eigenvalue weighted by Crippen LogP contribution is -2.45. The monoisotopic (exact) mass is 294 g/mol. The van der Waals surface area contributed by atoms with E-state index in [2.05, 4.69) is 15.4 Å². The number of alkyl halides is 2. The van der Waals surface area contributed by atoms with Crippen LogP contribution in [0.1, 0.15) is 42.2 Å². The lowest BCUT2D eigenvalue weighted by molar-refractivity contribution is 0.00232. The van der Waals surface area contributed by atoms with Crippen molar-refractivity contribution >= 4 is 11.6 Å². The van der Waals surface area contributed by atoms with Gasteiger partial charge >= 0.3 is 0 Å². The molecule has 0 bridgehead atoms. The van der Waals surface area contributed by atoms with Crippen molar-refractivity contribution in [3.63, 3.8) is 0 Å². The number of hydrogen-bond acceptors (Lipinski definition) is 3. The molecule has 3 rings (SSSR count). The fourth-order valence-electron chi connectivity index (χ4n) is 2.87. The Kier molecular flexibility index (Phi) is 2.96. The average molecular weight is 294 g/mol. The summed E-state index contributed by atoms with van der Waals surface area (Å²) >= 11 is 0. The Morgan fingerprint density at radius 3 is 2.86 bits per heavy atom. The van der Waals surface area contributed by atoms with Gasteiger partial charge in [0.15, 0.2) is 5.65 Å². The Morgan fingerprint density at radius 2 is 2.19 bits per heavy atom. The van der Waals surface area contributed by atoms with E-state index in [4.69, 9.17) is 0 Å². The highest BCUT2D eigenvalue weighted by atomic mass is 19.3. The summed E-state index contributed by atoms with van der Waals surface area (Å²) in [6, 6.07) is 1.73. The summed E-state index contributed by atoms with van der Waals surface area (Å²) in [6.07, 6.45) is 2.79. The standard InChI is InChI=1S/C14H16F2N4O/c1-9-10(7-17-11-3-6-18-20(9)11)12(21)19-13(2)4-5-14(15,16)8-13/h3,6-7H,4-5,8H2,1-2H3,(H,19,21). The van der Waals surface area contributed by atoms with Gasteiger partial charge in [0.1, 0.15) is 0 Å². The first kappa shape index (κ1) is 13.9. The topological polar surface area (TPSA) is 59.3 Å². The van der Waals surface area contributed by atoms with E-state index in [1.165, 1.54) is 6.20 Å². The van der Waals surface area contributed by atoms with Gasteiger partial charge in [-0.2, -0.15) is 5.10 Å². The molecule has 1 aliphatic carbocycles. The zero-order chi connectivity index (χ0) is 15.3. The largest absolute Gasteiger partial charge is 0.347 e. The Bertz CT molecular complexity index is 712. The smallest absolute Gasteiger partial charge is 0.255 e. The number of fused-ring (bicyclic) bond motifs is 1. The molecule has 1 saturated carbocycles. The van der Waals surface area contributed by atoms with E-state index in [0.717, 1.165) is 0 Å². The fourth-order valence-corrected chi connectivity index (χ4v) is 2.87. The minimum absolute atomic E-state index is 0.195. The van der Waals surface area contributed by atoms with Crippen molar-refractivity contribution in [3.05, 3.63) is 29.7 Å². The van der Waals surface area contributed by atoms with Crippen LogP contribution in [0.3, 0.4) is 0 Å². The average Bonchev–Trinajstić information content (AvgIpc) is 2.94. The van der Waals surface area contributed by atoms with Crippen molar-refractivity contribution < 1.29 is 13.6 Å². The molecular formula is C14H16F2N4O. The van der Waals surface area contributed by atoms with E-state index in [9.17, 15) is 13.6 Å². The number of aryl methyl sites for hydroxylation is 1. The number of carbonyl (C=O) groups excluding carboxylic acids is 1. The van der Waals surface area contributed by atoms with Crippen LogP contribution in [-0.4, -0.2) is 32.0 Å². The number of aromatic nitrogens is 3. The van der Waals surface area contributed by atoms with Gasteiger partial charge in [-0.3, -0.25) is 4.79 Å². The maximum absolute atomic E-state index is 13.4. The molecule has 0 aliphatic heterocycles. The third-order valence-corrected chi connectivity index (χ3v) is 4.01. The van der Waals surface area contributed by atoms with E-state index >= 15 is 0 Å². The summed E-state index contributed by atoms with van der Waals surface area (Å²) in [5, 5.41) is 6.81. The van der Waals surface area contributed by atoms with Crippen LogP contribution in [0.2, 0.25) is 0 Å². The minimum Gasteiger partial charge on any atom is -0.347 e. The second-order valence-corrected chi connectivity index (χ2v) is 5.91. The molecule has 1 N–H and O–H groups in total. The van der Waals surface area contributed by atoms with Gasteiger partial charge in [0.05, 0.1) is 17.5 Å². The maximum Gasteiger partial charge on any atom is 0.255 e. The highest BCUT2D eigenvalue weighted by Gasteiger charge is 2.47. The molecule has 21 heavy (non-hydrogen) atoms. The molecule has 0 spiro atoms. The lowest BCUT2D eigenvalue weighted by Gasteiger charge is -2.25. The molecule has 1 atom stereocenters. The van der Waals surface area contributed by atoms with Crippen molar-refractivity contribution in [1.82, 2.24) is 19.9 Å². The number of hydrogen-bond donors (Lipinski definition) is 1. The Labute approximate surface area is 120 Å². The van der Waals surface area contributed by atoms with Gasteiger partial charge in [0.2, 0.25) is 0 Å². The van der Waals surface area contributed by atoms with Gasteiger partial charge < -0.3 is 5.32 Å². The van der Waals surface area contributed by atoms with Gasteiger partial charge in [0, 0.05) is 30.6 Å². The maximum atomic E-state index is 13.4. The van der Waals surface area contributed by atoms with Crippen LogP contribution < -0.4 is 5.32 Å². The zero-order valence-corrected chi connectivity index (χ0v) is 11.9. The first-order valence-electron chi connectivity index (χ1n) is 6.79. The molecule has 7 heteroatoms. The van der Waals surface area contributed by atoms with Crippen molar-refractivity contribution in [2.24, 2.45) is 0 Å². The van der Waals surface area contributed by atoms with Crippen molar-refractivity contribution in [1.29, 1.82) is 0 Å². The summed E-state index contributed by atoms with van der Waals surface area (Å²) in [4.78, 5) is 16.5. The van der Waals surface area contributed by atoms with Gasteiger partial charge in [-0.05, 0) is 20.3 Å². The van der Waals surface area contributed by atoms with E-state index < -0.39 is 17.4 Å². The quantitative estimate of drug-likeness (QED) is 0.925. The van der Waals surface area contributed by atoms with Gasteiger partial charge in [-0.15, -0.1) is 0 Å². The molecule has 1 aliphatic rings. The van der Waals surface area contributed by atoms with Gasteiger partial charge in [-0.1, -0.05) is 0 Å². The van der Waals surface area contributed by atoms with Gasteiger partial charge in [-0.25, -0.2) is 18.3 Å². The second-order valence-electron chi connectivity index (χ2n) is 5.91. The highest BCUT2D eigenvalue weighted by Crippen LogP contribution is 2.41. The molecule has 5 nitrogen and oxygen atoms in total. The Balaban J connectivity index is 1.86. The number of rotatable bonds is 2. The second kappa shape index (κ2) is 4.47. The fraction of sp³-hybridized carbons (Fsp3) is 0.500. The number of amides is 1. The van der Waals surface area contributed by atoms with Crippen LogP contribution >= 0.6 is 0 Å². The molecule has 2 aromatic rings. The Morgan fingerprint density at radius 1 is 1.43 bits per heavy atom. The van der Waals surface area contributed by atoms with Crippen molar-refractivity contribution in [3.8, 4) is 0 Å². The summed E-state index contributed by atoms with van der Waals surface area (Å²) < 4.78 is 28.3. The van der Waals surface area contributed by atoms with Gasteiger partial charge in [0.25, 0.3) is 11.8 Å². The summed E-state index contributed by atoms with van der Waals surface area (Å²) in [5.41, 5.74) is 0.743. The molecular weight excluding hydrogens is 278 g/mol. The minimum atomic E-state index is -2.71. The summed E-state index contributed by atoms with van der Waals surface area (Å²) in [7, 11) is 0. The predicted octanol–water partition coefficient (Wildman–Crippen LogP) is 2.35. The third kappa shape index (κ3) is 2.48. The number of nitrogens with zero attached hydrogens (tertiary/aromatic N) is 3. The predicted molar refractivity (Wildman–Crippen MR) is 72.4 cm³/mol. The molecule has 112 valence electrons. The zero-order valence-electron chi connectivity index (χ0n) is 11.9. The number of carbonyl (C=O) groups is 1. The van der Waals surface area contributed by atoms with Crippen LogP contribution in [-0.2, 0) is 0 Å². The summed E-state index contributed by atoms with van der Waals surface area (Å²) in [5.74, 6) is -3.10. The molecule has 2 aromatic heterocycles.